The molecule has 9 heavy (non-hydrogen) atoms. The molecule has 1 saturated heterocycles. The molecule has 48 valence electrons. The summed E-state index contributed by atoms with van der Waals surface area (Å²) in [5.74, 6) is -0.884. The number of carbonyl (C=O) groups excluding carboxylic acids is 1. The van der Waals surface area contributed by atoms with Crippen molar-refractivity contribution in [1.82, 2.24) is 0 Å². The molecule has 3 nitrogen and oxygen atoms in total. The monoisotopic (exact) mass is 125 g/mol. The summed E-state index contributed by atoms with van der Waals surface area (Å²) in [6, 6.07) is 1.87. The van der Waals surface area contributed by atoms with Crippen molar-refractivity contribution in [2.24, 2.45) is 5.92 Å². The van der Waals surface area contributed by atoms with Crippen LogP contribution in [0.25, 0.3) is 0 Å². The van der Waals surface area contributed by atoms with Gasteiger partial charge in [-0.3, -0.25) is 4.79 Å². The molecule has 3 heteroatoms. The van der Waals surface area contributed by atoms with Gasteiger partial charge in [0.05, 0.1) is 6.07 Å². The quantitative estimate of drug-likeness (QED) is 0.442. The van der Waals surface area contributed by atoms with Crippen molar-refractivity contribution in [3.05, 3.63) is 0 Å². The maximum atomic E-state index is 10.6. The van der Waals surface area contributed by atoms with Gasteiger partial charge in [0.15, 0.2) is 0 Å². The fraction of sp³-hybridized carbons (Fsp3) is 0.667. The van der Waals surface area contributed by atoms with Gasteiger partial charge in [0.25, 0.3) is 0 Å². The van der Waals surface area contributed by atoms with Crippen LogP contribution in [-0.4, -0.2) is 12.1 Å². The summed E-state index contributed by atoms with van der Waals surface area (Å²) in [6.45, 7) is 1.79. The van der Waals surface area contributed by atoms with E-state index in [0.717, 1.165) is 0 Å². The zero-order valence-corrected chi connectivity index (χ0v) is 5.13. The van der Waals surface area contributed by atoms with Crippen molar-refractivity contribution < 1.29 is 9.53 Å². The average Bonchev–Trinajstić information content (AvgIpc) is 2.10. The first-order valence-electron chi connectivity index (χ1n) is 2.84. The molecule has 0 aliphatic carbocycles. The molecule has 2 atom stereocenters. The highest BCUT2D eigenvalue weighted by atomic mass is 16.5. The van der Waals surface area contributed by atoms with Crippen molar-refractivity contribution in [2.75, 3.05) is 0 Å². The van der Waals surface area contributed by atoms with E-state index in [-0.39, 0.29) is 12.1 Å². The van der Waals surface area contributed by atoms with Gasteiger partial charge in [-0.15, -0.1) is 0 Å². The van der Waals surface area contributed by atoms with E-state index in [1.54, 1.807) is 6.92 Å². The number of nitriles is 1. The molecule has 0 radical (unpaired) electrons. The molecule has 1 rings (SSSR count). The topological polar surface area (TPSA) is 50.1 Å². The van der Waals surface area contributed by atoms with Crippen LogP contribution in [0.5, 0.6) is 0 Å². The molecule has 1 aliphatic heterocycles. The van der Waals surface area contributed by atoms with Gasteiger partial charge < -0.3 is 4.74 Å². The number of carbonyl (C=O) groups is 1. The molecule has 0 saturated carbocycles. The highest BCUT2D eigenvalue weighted by molar-refractivity contribution is 5.77. The van der Waals surface area contributed by atoms with Crippen LogP contribution in [-0.2, 0) is 9.53 Å². The minimum absolute atomic E-state index is 0.0675. The number of ether oxygens (including phenoxy) is 1. The number of cyclic esters (lactones) is 1. The summed E-state index contributed by atoms with van der Waals surface area (Å²) >= 11 is 0. The number of hydrogen-bond acceptors (Lipinski definition) is 3. The lowest BCUT2D eigenvalue weighted by Crippen LogP contribution is -2.03. The summed E-state index contributed by atoms with van der Waals surface area (Å²) < 4.78 is 4.70. The molecule has 0 unspecified atom stereocenters. The SMILES string of the molecule is C[C@@H]1C[C@@H](C#N)C(=O)O1. The maximum Gasteiger partial charge on any atom is 0.323 e. The Balaban J connectivity index is 2.61. The summed E-state index contributed by atoms with van der Waals surface area (Å²) in [4.78, 5) is 10.6. The fourth-order valence-electron chi connectivity index (χ4n) is 0.862. The smallest absolute Gasteiger partial charge is 0.323 e. The Morgan fingerprint density at radius 1 is 1.89 bits per heavy atom. The first-order chi connectivity index (χ1) is 4.24. The third-order valence-electron chi connectivity index (χ3n) is 1.33. The second-order valence-corrected chi connectivity index (χ2v) is 2.16. The highest BCUT2D eigenvalue weighted by Gasteiger charge is 2.31. The third kappa shape index (κ3) is 1.02. The van der Waals surface area contributed by atoms with Crippen LogP contribution in [0.3, 0.4) is 0 Å². The Morgan fingerprint density at radius 3 is 2.78 bits per heavy atom. The van der Waals surface area contributed by atoms with Crippen molar-refractivity contribution in [2.45, 2.75) is 19.4 Å². The highest BCUT2D eigenvalue weighted by Crippen LogP contribution is 2.19. The van der Waals surface area contributed by atoms with Gasteiger partial charge >= 0.3 is 5.97 Å². The van der Waals surface area contributed by atoms with Crippen molar-refractivity contribution in [3.8, 4) is 6.07 Å². The normalized spacial score (nSPS) is 33.6. The molecule has 1 fully saturated rings. The predicted octanol–water partition coefficient (Wildman–Crippen LogP) is 0.462. The molecule has 1 heterocycles. The minimum atomic E-state index is -0.514. The van der Waals surface area contributed by atoms with Crippen molar-refractivity contribution >= 4 is 5.97 Å². The summed E-state index contributed by atoms with van der Waals surface area (Å²) in [5.41, 5.74) is 0. The molecule has 1 aliphatic rings. The molecule has 0 spiro atoms. The van der Waals surface area contributed by atoms with Crippen LogP contribution in [0.1, 0.15) is 13.3 Å². The molecule has 0 amide bonds. The Morgan fingerprint density at radius 2 is 2.56 bits per heavy atom. The van der Waals surface area contributed by atoms with Crippen LogP contribution in [0.2, 0.25) is 0 Å². The molecule has 0 aromatic heterocycles. The lowest BCUT2D eigenvalue weighted by molar-refractivity contribution is -0.142. The van der Waals surface area contributed by atoms with E-state index in [2.05, 4.69) is 0 Å². The lowest BCUT2D eigenvalue weighted by Gasteiger charge is -1.95. The zero-order chi connectivity index (χ0) is 6.85. The maximum absolute atomic E-state index is 10.6. The van der Waals surface area contributed by atoms with Crippen LogP contribution in [0.4, 0.5) is 0 Å². The van der Waals surface area contributed by atoms with Gasteiger partial charge in [-0.1, -0.05) is 0 Å². The van der Waals surface area contributed by atoms with Gasteiger partial charge in [-0.05, 0) is 6.92 Å². The van der Waals surface area contributed by atoms with E-state index < -0.39 is 5.92 Å². The number of hydrogen-bond donors (Lipinski definition) is 0. The Hall–Kier alpha value is -1.04. The fourth-order valence-corrected chi connectivity index (χ4v) is 0.862. The van der Waals surface area contributed by atoms with E-state index in [0.29, 0.717) is 6.42 Å². The van der Waals surface area contributed by atoms with Crippen molar-refractivity contribution in [1.29, 1.82) is 5.26 Å². The van der Waals surface area contributed by atoms with E-state index in [4.69, 9.17) is 10.00 Å². The average molecular weight is 125 g/mol. The zero-order valence-electron chi connectivity index (χ0n) is 5.13. The molecule has 0 aromatic rings. The van der Waals surface area contributed by atoms with E-state index in [1.807, 2.05) is 6.07 Å². The van der Waals surface area contributed by atoms with Gasteiger partial charge in [-0.25, -0.2) is 0 Å². The second-order valence-electron chi connectivity index (χ2n) is 2.16. The Kier molecular flexibility index (Phi) is 1.39. The number of rotatable bonds is 0. The first kappa shape index (κ1) is 6.09. The van der Waals surface area contributed by atoms with E-state index in [1.165, 1.54) is 0 Å². The third-order valence-corrected chi connectivity index (χ3v) is 1.33. The Labute approximate surface area is 53.2 Å². The predicted molar refractivity (Wildman–Crippen MR) is 29.3 cm³/mol. The molecule has 0 aromatic carbocycles. The summed E-state index contributed by atoms with van der Waals surface area (Å²) in [6.07, 6.45) is 0.483. The van der Waals surface area contributed by atoms with E-state index in [9.17, 15) is 4.79 Å². The lowest BCUT2D eigenvalue weighted by atomic mass is 10.1. The van der Waals surface area contributed by atoms with E-state index >= 15 is 0 Å². The summed E-state index contributed by atoms with van der Waals surface area (Å²) in [5, 5.41) is 8.30. The molecular formula is C6H7NO2. The number of esters is 1. The van der Waals surface area contributed by atoms with Crippen LogP contribution in [0.15, 0.2) is 0 Å². The van der Waals surface area contributed by atoms with Crippen LogP contribution < -0.4 is 0 Å². The number of nitrogens with zero attached hydrogens (tertiary/aromatic N) is 1. The standard InChI is InChI=1S/C6H7NO2/c1-4-2-5(3-7)6(8)9-4/h4-5H,2H2,1H3/t4-,5+/m1/s1. The van der Waals surface area contributed by atoms with Gasteiger partial charge in [0.1, 0.15) is 12.0 Å². The Bertz CT molecular complexity index is 170. The van der Waals surface area contributed by atoms with Gasteiger partial charge in [-0.2, -0.15) is 5.26 Å². The van der Waals surface area contributed by atoms with Crippen LogP contribution >= 0.6 is 0 Å². The largest absolute Gasteiger partial charge is 0.462 e. The second kappa shape index (κ2) is 2.06. The minimum Gasteiger partial charge on any atom is -0.462 e. The first-order valence-corrected chi connectivity index (χ1v) is 2.84. The molecule has 0 N–H and O–H groups in total. The van der Waals surface area contributed by atoms with Gasteiger partial charge in [0, 0.05) is 6.42 Å². The van der Waals surface area contributed by atoms with Gasteiger partial charge in [0.2, 0.25) is 0 Å². The molecular weight excluding hydrogens is 118 g/mol. The van der Waals surface area contributed by atoms with Crippen molar-refractivity contribution in [3.63, 3.8) is 0 Å². The summed E-state index contributed by atoms with van der Waals surface area (Å²) in [7, 11) is 0. The molecule has 0 bridgehead atoms. The van der Waals surface area contributed by atoms with Crippen LogP contribution in [0, 0.1) is 17.2 Å².